The van der Waals surface area contributed by atoms with Gasteiger partial charge in [-0.1, -0.05) is 32.0 Å². The topological polar surface area (TPSA) is 98.2 Å². The van der Waals surface area contributed by atoms with Gasteiger partial charge in [0.05, 0.1) is 32.4 Å². The number of methoxy groups -OCH3 is 2. The van der Waals surface area contributed by atoms with E-state index >= 15 is 0 Å². The third-order valence-corrected chi connectivity index (χ3v) is 6.05. The van der Waals surface area contributed by atoms with Crippen LogP contribution in [0.15, 0.2) is 72.6 Å². The first-order valence-corrected chi connectivity index (χ1v) is 12.0. The van der Waals surface area contributed by atoms with Crippen LogP contribution < -0.4 is 14.2 Å². The van der Waals surface area contributed by atoms with Crippen LogP contribution in [-0.4, -0.2) is 47.5 Å². The summed E-state index contributed by atoms with van der Waals surface area (Å²) in [5.74, 6) is 0.0379. The molecule has 1 N–H and O–H groups in total. The molecule has 0 saturated carbocycles. The summed E-state index contributed by atoms with van der Waals surface area (Å²) in [6.07, 6.45) is 3.27. The SMILES string of the molecule is COc1cccc([C@@H]2/C(=C(\O)c3ccc(OCC(C)C)cc3)C(=O)C(=O)N2Cc2cccnc2)c1OC. The largest absolute Gasteiger partial charge is 0.507 e. The van der Waals surface area contributed by atoms with Gasteiger partial charge >= 0.3 is 0 Å². The number of Topliss-reactive ketones (excluding diaryl/α,β-unsaturated/α-hetero) is 1. The maximum absolute atomic E-state index is 13.4. The van der Waals surface area contributed by atoms with E-state index in [2.05, 4.69) is 18.8 Å². The molecule has 192 valence electrons. The van der Waals surface area contributed by atoms with Crippen LogP contribution in [0.25, 0.3) is 5.76 Å². The molecule has 8 heteroatoms. The van der Waals surface area contributed by atoms with Crippen molar-refractivity contribution in [3.05, 3.63) is 89.3 Å². The van der Waals surface area contributed by atoms with E-state index in [1.807, 2.05) is 6.07 Å². The van der Waals surface area contributed by atoms with Crippen LogP contribution >= 0.6 is 0 Å². The lowest BCUT2D eigenvalue weighted by atomic mass is 9.94. The van der Waals surface area contributed by atoms with Gasteiger partial charge < -0.3 is 24.2 Å². The van der Waals surface area contributed by atoms with Crippen molar-refractivity contribution in [1.29, 1.82) is 0 Å². The summed E-state index contributed by atoms with van der Waals surface area (Å²) < 4.78 is 16.8. The van der Waals surface area contributed by atoms with E-state index in [1.165, 1.54) is 19.1 Å². The average molecular weight is 503 g/mol. The van der Waals surface area contributed by atoms with Crippen LogP contribution in [0.1, 0.15) is 36.6 Å². The molecule has 37 heavy (non-hydrogen) atoms. The Morgan fingerprint density at radius 1 is 1.03 bits per heavy atom. The highest BCUT2D eigenvalue weighted by molar-refractivity contribution is 6.46. The Bertz CT molecular complexity index is 1300. The molecule has 8 nitrogen and oxygen atoms in total. The number of carbonyl (C=O) groups is 2. The fourth-order valence-electron chi connectivity index (χ4n) is 4.31. The van der Waals surface area contributed by atoms with Crippen LogP contribution in [0.4, 0.5) is 0 Å². The van der Waals surface area contributed by atoms with E-state index in [-0.39, 0.29) is 17.9 Å². The second kappa shape index (κ2) is 11.2. The number of para-hydroxylation sites is 1. The molecule has 1 amide bonds. The van der Waals surface area contributed by atoms with Gasteiger partial charge in [0.15, 0.2) is 11.5 Å². The Balaban J connectivity index is 1.84. The lowest BCUT2D eigenvalue weighted by molar-refractivity contribution is -0.140. The lowest BCUT2D eigenvalue weighted by Crippen LogP contribution is -2.29. The average Bonchev–Trinajstić information content (AvgIpc) is 3.16. The lowest BCUT2D eigenvalue weighted by Gasteiger charge is -2.27. The van der Waals surface area contributed by atoms with Gasteiger partial charge in [-0.25, -0.2) is 0 Å². The van der Waals surface area contributed by atoms with E-state index in [4.69, 9.17) is 14.2 Å². The van der Waals surface area contributed by atoms with Crippen molar-refractivity contribution in [3.63, 3.8) is 0 Å². The Morgan fingerprint density at radius 2 is 1.78 bits per heavy atom. The normalized spacial score (nSPS) is 16.8. The molecular formula is C29H30N2O6. The maximum atomic E-state index is 13.4. The molecule has 1 fully saturated rings. The van der Waals surface area contributed by atoms with Gasteiger partial charge in [0.1, 0.15) is 11.5 Å². The zero-order valence-electron chi connectivity index (χ0n) is 21.3. The number of likely N-dealkylation sites (tertiary alicyclic amines) is 1. The molecule has 0 radical (unpaired) electrons. The van der Waals surface area contributed by atoms with Gasteiger partial charge in [-0.15, -0.1) is 0 Å². The summed E-state index contributed by atoms with van der Waals surface area (Å²) in [6, 6.07) is 14.7. The molecule has 3 aromatic rings. The molecule has 1 saturated heterocycles. The van der Waals surface area contributed by atoms with Gasteiger partial charge in [-0.3, -0.25) is 14.6 Å². The fraction of sp³-hybridized carbons (Fsp3) is 0.276. The Morgan fingerprint density at radius 3 is 2.41 bits per heavy atom. The summed E-state index contributed by atoms with van der Waals surface area (Å²) in [7, 11) is 3.00. The van der Waals surface area contributed by atoms with Gasteiger partial charge in [0.2, 0.25) is 0 Å². The number of ketones is 1. The number of amides is 1. The number of carbonyl (C=O) groups excluding carboxylic acids is 2. The minimum absolute atomic E-state index is 0.0312. The minimum atomic E-state index is -0.915. The third-order valence-electron chi connectivity index (χ3n) is 6.05. The van der Waals surface area contributed by atoms with E-state index < -0.39 is 17.7 Å². The van der Waals surface area contributed by atoms with Crippen LogP contribution in [0, 0.1) is 5.92 Å². The second-order valence-corrected chi connectivity index (χ2v) is 9.10. The number of nitrogens with zero attached hydrogens (tertiary/aromatic N) is 2. The number of hydrogen-bond donors (Lipinski definition) is 1. The zero-order valence-corrected chi connectivity index (χ0v) is 21.3. The van der Waals surface area contributed by atoms with Gasteiger partial charge in [-0.05, 0) is 47.9 Å². The number of hydrogen-bond acceptors (Lipinski definition) is 7. The molecule has 2 aromatic carbocycles. The number of benzene rings is 2. The molecule has 1 atom stereocenters. The third kappa shape index (κ3) is 5.28. The predicted octanol–water partition coefficient (Wildman–Crippen LogP) is 4.76. The molecule has 2 heterocycles. The Hall–Kier alpha value is -4.33. The molecule has 0 aliphatic carbocycles. The van der Waals surface area contributed by atoms with Crippen molar-refractivity contribution in [2.24, 2.45) is 5.92 Å². The monoisotopic (exact) mass is 502 g/mol. The molecule has 1 aliphatic rings. The standard InChI is InChI=1S/C29H30N2O6/c1-18(2)17-37-21-12-10-20(11-13-21)26(32)24-25(22-8-5-9-23(35-3)28(22)36-4)31(29(34)27(24)33)16-19-7-6-14-30-15-19/h5-15,18,25,32H,16-17H2,1-4H3/b26-24+/t25-/m1/s1. The van der Waals surface area contributed by atoms with Crippen molar-refractivity contribution >= 4 is 17.4 Å². The van der Waals surface area contributed by atoms with E-state index in [1.54, 1.807) is 60.9 Å². The van der Waals surface area contributed by atoms with Crippen molar-refractivity contribution < 1.29 is 28.9 Å². The van der Waals surface area contributed by atoms with E-state index in [0.29, 0.717) is 40.9 Å². The van der Waals surface area contributed by atoms with E-state index in [9.17, 15) is 14.7 Å². The first-order valence-electron chi connectivity index (χ1n) is 12.0. The first-order chi connectivity index (χ1) is 17.8. The number of ether oxygens (including phenoxy) is 3. The quantitative estimate of drug-likeness (QED) is 0.256. The highest BCUT2D eigenvalue weighted by atomic mass is 16.5. The summed E-state index contributed by atoms with van der Waals surface area (Å²) in [6.45, 7) is 4.78. The van der Waals surface area contributed by atoms with Gasteiger partial charge in [-0.2, -0.15) is 0 Å². The maximum Gasteiger partial charge on any atom is 0.295 e. The second-order valence-electron chi connectivity index (χ2n) is 9.10. The number of aromatic nitrogens is 1. The number of aliphatic hydroxyl groups excluding tert-OH is 1. The van der Waals surface area contributed by atoms with Crippen molar-refractivity contribution in [1.82, 2.24) is 9.88 Å². The van der Waals surface area contributed by atoms with Crippen LogP contribution in [0.5, 0.6) is 17.2 Å². The molecule has 0 bridgehead atoms. The Labute approximate surface area is 216 Å². The predicted molar refractivity (Wildman–Crippen MR) is 138 cm³/mol. The number of pyridine rings is 1. The molecule has 1 aromatic heterocycles. The summed E-state index contributed by atoms with van der Waals surface area (Å²) in [5.41, 5.74) is 1.62. The summed E-state index contributed by atoms with van der Waals surface area (Å²) >= 11 is 0. The van der Waals surface area contributed by atoms with E-state index in [0.717, 1.165) is 5.56 Å². The van der Waals surface area contributed by atoms with Crippen molar-refractivity contribution in [2.75, 3.05) is 20.8 Å². The molecule has 4 rings (SSSR count). The van der Waals surface area contributed by atoms with Crippen molar-refractivity contribution in [2.45, 2.75) is 26.4 Å². The highest BCUT2D eigenvalue weighted by Crippen LogP contribution is 2.46. The Kier molecular flexibility index (Phi) is 7.77. The van der Waals surface area contributed by atoms with Crippen LogP contribution in [-0.2, 0) is 16.1 Å². The fourth-order valence-corrected chi connectivity index (χ4v) is 4.31. The summed E-state index contributed by atoms with van der Waals surface area (Å²) in [4.78, 5) is 32.2. The minimum Gasteiger partial charge on any atom is -0.507 e. The molecule has 0 spiro atoms. The zero-order chi connectivity index (χ0) is 26.5. The number of rotatable bonds is 9. The summed E-state index contributed by atoms with van der Waals surface area (Å²) in [5, 5.41) is 11.4. The molecule has 1 aliphatic heterocycles. The van der Waals surface area contributed by atoms with Crippen LogP contribution in [0.3, 0.4) is 0 Å². The van der Waals surface area contributed by atoms with Crippen molar-refractivity contribution in [3.8, 4) is 17.2 Å². The van der Waals surface area contributed by atoms with Crippen LogP contribution in [0.2, 0.25) is 0 Å². The highest BCUT2D eigenvalue weighted by Gasteiger charge is 2.47. The van der Waals surface area contributed by atoms with Gasteiger partial charge in [0.25, 0.3) is 11.7 Å². The first kappa shape index (κ1) is 25.8. The molecule has 0 unspecified atom stereocenters. The number of aliphatic hydroxyl groups is 1. The van der Waals surface area contributed by atoms with Gasteiger partial charge in [0, 0.05) is 30.1 Å². The smallest absolute Gasteiger partial charge is 0.295 e. The molecular weight excluding hydrogens is 472 g/mol.